The number of aromatic nitrogens is 3. The van der Waals surface area contributed by atoms with Crippen LogP contribution in [0.2, 0.25) is 0 Å². The van der Waals surface area contributed by atoms with E-state index in [2.05, 4.69) is 15.4 Å². The van der Waals surface area contributed by atoms with Gasteiger partial charge < -0.3 is 10.1 Å². The first-order valence-electron chi connectivity index (χ1n) is 8.07. The molecule has 2 aromatic rings. The van der Waals surface area contributed by atoms with E-state index in [9.17, 15) is 4.79 Å². The molecule has 0 aromatic carbocycles. The van der Waals surface area contributed by atoms with Crippen LogP contribution in [0, 0.1) is 5.92 Å². The van der Waals surface area contributed by atoms with Crippen LogP contribution in [0.5, 0.6) is 0 Å². The zero-order chi connectivity index (χ0) is 16.1. The third-order valence-electron chi connectivity index (χ3n) is 4.21. The zero-order valence-corrected chi connectivity index (χ0v) is 13.3. The second-order valence-corrected chi connectivity index (χ2v) is 5.88. The summed E-state index contributed by atoms with van der Waals surface area (Å²) in [7, 11) is 0. The number of aryl methyl sites for hydroxylation is 2. The molecule has 6 nitrogen and oxygen atoms in total. The van der Waals surface area contributed by atoms with Crippen LogP contribution < -0.4 is 5.32 Å². The minimum absolute atomic E-state index is 0.00316. The molecule has 3 rings (SSSR count). The molecule has 0 bridgehead atoms. The van der Waals surface area contributed by atoms with Gasteiger partial charge in [0.25, 0.3) is 0 Å². The van der Waals surface area contributed by atoms with Gasteiger partial charge in [-0.1, -0.05) is 0 Å². The number of carbonyl (C=O) groups excluding carboxylic acids is 1. The Balaban J connectivity index is 1.53. The Hall–Kier alpha value is -2.21. The molecular formula is C17H22N4O2. The van der Waals surface area contributed by atoms with E-state index >= 15 is 0 Å². The van der Waals surface area contributed by atoms with Gasteiger partial charge in [-0.05, 0) is 43.9 Å². The largest absolute Gasteiger partial charge is 0.378 e. The van der Waals surface area contributed by atoms with Gasteiger partial charge in [0.05, 0.1) is 12.0 Å². The Labute approximate surface area is 135 Å². The van der Waals surface area contributed by atoms with Gasteiger partial charge in [-0.15, -0.1) is 0 Å². The molecule has 2 aromatic heterocycles. The summed E-state index contributed by atoms with van der Waals surface area (Å²) >= 11 is 0. The number of hydrogen-bond acceptors (Lipinski definition) is 4. The van der Waals surface area contributed by atoms with Crippen molar-refractivity contribution in [3.05, 3.63) is 42.4 Å². The van der Waals surface area contributed by atoms with E-state index in [1.165, 1.54) is 5.56 Å². The number of amides is 1. The first-order chi connectivity index (χ1) is 11.2. The molecule has 1 aliphatic rings. The highest BCUT2D eigenvalue weighted by Crippen LogP contribution is 2.22. The maximum atomic E-state index is 12.3. The molecule has 1 N–H and O–H groups in total. The second-order valence-electron chi connectivity index (χ2n) is 5.88. The van der Waals surface area contributed by atoms with Crippen molar-refractivity contribution in [2.75, 3.05) is 11.9 Å². The van der Waals surface area contributed by atoms with Crippen molar-refractivity contribution in [3.63, 3.8) is 0 Å². The van der Waals surface area contributed by atoms with Crippen LogP contribution in [0.25, 0.3) is 0 Å². The summed E-state index contributed by atoms with van der Waals surface area (Å²) in [5.41, 5.74) is 1.22. The number of rotatable bonds is 5. The lowest BCUT2D eigenvalue weighted by molar-refractivity contribution is -0.127. The van der Waals surface area contributed by atoms with Crippen molar-refractivity contribution < 1.29 is 9.53 Å². The predicted octanol–water partition coefficient (Wildman–Crippen LogP) is 2.27. The number of hydrogen-bond donors (Lipinski definition) is 1. The number of nitrogens with zero attached hydrogens (tertiary/aromatic N) is 3. The minimum atomic E-state index is -0.0919. The summed E-state index contributed by atoms with van der Waals surface area (Å²) < 4.78 is 7.39. The van der Waals surface area contributed by atoms with Crippen LogP contribution in [0.1, 0.15) is 25.3 Å². The molecule has 1 fully saturated rings. The van der Waals surface area contributed by atoms with E-state index in [1.54, 1.807) is 12.4 Å². The maximum absolute atomic E-state index is 12.3. The van der Waals surface area contributed by atoms with E-state index in [-0.39, 0.29) is 17.9 Å². The molecule has 1 saturated heterocycles. The lowest BCUT2D eigenvalue weighted by Crippen LogP contribution is -2.36. The van der Waals surface area contributed by atoms with Crippen LogP contribution in [0.15, 0.2) is 36.8 Å². The third-order valence-corrected chi connectivity index (χ3v) is 4.21. The van der Waals surface area contributed by atoms with Crippen molar-refractivity contribution in [3.8, 4) is 0 Å². The summed E-state index contributed by atoms with van der Waals surface area (Å²) in [6, 6.07) is 5.83. The molecule has 0 radical (unpaired) electrons. The van der Waals surface area contributed by atoms with Gasteiger partial charge in [0.1, 0.15) is 0 Å². The molecule has 0 spiro atoms. The highest BCUT2D eigenvalue weighted by molar-refractivity contribution is 5.92. The number of carbonyl (C=O) groups is 1. The zero-order valence-electron chi connectivity index (χ0n) is 13.3. The lowest BCUT2D eigenvalue weighted by atomic mass is 9.94. The molecule has 6 heteroatoms. The first kappa shape index (κ1) is 15.7. The van der Waals surface area contributed by atoms with Crippen LogP contribution in [0.3, 0.4) is 0 Å². The smallest absolute Gasteiger partial charge is 0.231 e. The number of anilines is 1. The Bertz CT molecular complexity index is 641. The normalized spacial score (nSPS) is 21.1. The molecule has 3 heterocycles. The number of ether oxygens (including phenoxy) is 1. The van der Waals surface area contributed by atoms with Crippen molar-refractivity contribution in [2.24, 2.45) is 5.92 Å². The maximum Gasteiger partial charge on any atom is 0.231 e. The predicted molar refractivity (Wildman–Crippen MR) is 86.9 cm³/mol. The summed E-state index contributed by atoms with van der Waals surface area (Å²) in [5.74, 6) is 0.504. The van der Waals surface area contributed by atoms with E-state index in [0.717, 1.165) is 32.4 Å². The molecule has 2 unspecified atom stereocenters. The van der Waals surface area contributed by atoms with Crippen molar-refractivity contribution in [1.82, 2.24) is 14.8 Å². The third kappa shape index (κ3) is 4.16. The Morgan fingerprint density at radius 3 is 3.00 bits per heavy atom. The molecular weight excluding hydrogens is 292 g/mol. The fraction of sp³-hybridized carbons (Fsp3) is 0.471. The second kappa shape index (κ2) is 7.37. The van der Waals surface area contributed by atoms with E-state index < -0.39 is 0 Å². The fourth-order valence-electron chi connectivity index (χ4n) is 2.83. The van der Waals surface area contributed by atoms with Gasteiger partial charge in [-0.2, -0.15) is 5.10 Å². The summed E-state index contributed by atoms with van der Waals surface area (Å²) in [4.78, 5) is 16.3. The van der Waals surface area contributed by atoms with Gasteiger partial charge in [0, 0.05) is 37.8 Å². The molecule has 1 aliphatic heterocycles. The van der Waals surface area contributed by atoms with Crippen molar-refractivity contribution >= 4 is 11.7 Å². The van der Waals surface area contributed by atoms with Crippen LogP contribution >= 0.6 is 0 Å². The topological polar surface area (TPSA) is 69.0 Å². The summed E-state index contributed by atoms with van der Waals surface area (Å²) in [6.07, 6.45) is 8.12. The molecule has 2 atom stereocenters. The standard InChI is InChI=1S/C17H22N4O2/c1-13-15(3-2-12-23-13)17(22)19-16-7-11-21(20-16)10-6-14-4-8-18-9-5-14/h4-5,7-9,11,13,15H,2-3,6,10,12H2,1H3,(H,19,20,22). The monoisotopic (exact) mass is 314 g/mol. The van der Waals surface area contributed by atoms with Gasteiger partial charge in [0.2, 0.25) is 5.91 Å². The lowest BCUT2D eigenvalue weighted by Gasteiger charge is -2.27. The van der Waals surface area contributed by atoms with Gasteiger partial charge >= 0.3 is 0 Å². The van der Waals surface area contributed by atoms with Crippen molar-refractivity contribution in [1.29, 1.82) is 0 Å². The van der Waals surface area contributed by atoms with Crippen LogP contribution in [-0.4, -0.2) is 33.4 Å². The number of nitrogens with one attached hydrogen (secondary N) is 1. The van der Waals surface area contributed by atoms with E-state index in [0.29, 0.717) is 5.82 Å². The fourth-order valence-corrected chi connectivity index (χ4v) is 2.83. The molecule has 0 aliphatic carbocycles. The van der Waals surface area contributed by atoms with Crippen LogP contribution in [0.4, 0.5) is 5.82 Å². The summed E-state index contributed by atoms with van der Waals surface area (Å²) in [6.45, 7) is 3.47. The SMILES string of the molecule is CC1OCCCC1C(=O)Nc1ccn(CCc2ccncc2)n1. The number of pyridine rings is 1. The van der Waals surface area contributed by atoms with Crippen molar-refractivity contribution in [2.45, 2.75) is 38.8 Å². The van der Waals surface area contributed by atoms with Crippen LogP contribution in [-0.2, 0) is 22.5 Å². The van der Waals surface area contributed by atoms with Gasteiger partial charge in [-0.3, -0.25) is 14.5 Å². The molecule has 122 valence electrons. The highest BCUT2D eigenvalue weighted by atomic mass is 16.5. The molecule has 0 saturated carbocycles. The quantitative estimate of drug-likeness (QED) is 0.919. The Morgan fingerprint density at radius 1 is 1.39 bits per heavy atom. The average Bonchev–Trinajstić information content (AvgIpc) is 3.02. The van der Waals surface area contributed by atoms with E-state index in [4.69, 9.17) is 4.74 Å². The van der Waals surface area contributed by atoms with E-state index in [1.807, 2.05) is 36.0 Å². The molecule has 1 amide bonds. The average molecular weight is 314 g/mol. The summed E-state index contributed by atoms with van der Waals surface area (Å²) in [5, 5.41) is 7.31. The highest BCUT2D eigenvalue weighted by Gasteiger charge is 2.28. The first-order valence-corrected chi connectivity index (χ1v) is 8.07. The minimum Gasteiger partial charge on any atom is -0.378 e. The van der Waals surface area contributed by atoms with Gasteiger partial charge in [0.15, 0.2) is 5.82 Å². The van der Waals surface area contributed by atoms with Gasteiger partial charge in [-0.25, -0.2) is 0 Å². The Kier molecular flexibility index (Phi) is 5.02. The Morgan fingerprint density at radius 2 is 2.22 bits per heavy atom. The molecule has 23 heavy (non-hydrogen) atoms.